The van der Waals surface area contributed by atoms with E-state index in [1.54, 1.807) is 6.07 Å². The van der Waals surface area contributed by atoms with Gasteiger partial charge in [0.15, 0.2) is 5.78 Å². The summed E-state index contributed by atoms with van der Waals surface area (Å²) in [7, 11) is 0. The molecule has 0 saturated carbocycles. The maximum Gasteiger partial charge on any atom is 0.274 e. The number of carbonyl (C=O) groups excluding carboxylic acids is 2. The number of Topliss-reactive ketones (excluding diaryl/α,β-unsaturated/α-hetero) is 1. The van der Waals surface area contributed by atoms with Crippen molar-refractivity contribution in [3.8, 4) is 11.1 Å². The number of aromatic nitrogens is 2. The van der Waals surface area contributed by atoms with Gasteiger partial charge in [0.2, 0.25) is 0 Å². The molecular formula is C35H37N5O3. The predicted octanol–water partition coefficient (Wildman–Crippen LogP) is 4.43. The topological polar surface area (TPSA) is 107 Å². The van der Waals surface area contributed by atoms with Crippen molar-refractivity contribution >= 4 is 17.4 Å². The molecule has 3 N–H and O–H groups in total. The van der Waals surface area contributed by atoms with Crippen molar-refractivity contribution in [1.82, 2.24) is 20.2 Å². The summed E-state index contributed by atoms with van der Waals surface area (Å²) in [6.45, 7) is 8.06. The largest absolute Gasteiger partial charge is 0.395 e. The van der Waals surface area contributed by atoms with E-state index >= 15 is 0 Å². The van der Waals surface area contributed by atoms with Crippen molar-refractivity contribution in [1.29, 1.82) is 0 Å². The predicted molar refractivity (Wildman–Crippen MR) is 167 cm³/mol. The molecule has 0 fully saturated rings. The first-order valence-electron chi connectivity index (χ1n) is 15.0. The lowest BCUT2D eigenvalue weighted by molar-refractivity contribution is 0.0985. The SMILES string of the molecule is Cc1c(CC(=O)c2ccc3c(n2)CCNC3)cccc1-c1cccc(NC(=O)c2ccc3c(n2)CCN(CCO)C3)c1C. The molecule has 0 aliphatic carbocycles. The van der Waals surface area contributed by atoms with Crippen LogP contribution in [0, 0.1) is 13.8 Å². The first-order valence-corrected chi connectivity index (χ1v) is 15.0. The Labute approximate surface area is 252 Å². The first kappa shape index (κ1) is 28.9. The van der Waals surface area contributed by atoms with Crippen LogP contribution in [0.2, 0.25) is 0 Å². The molecule has 220 valence electrons. The third-order valence-electron chi connectivity index (χ3n) is 8.65. The molecule has 2 aromatic heterocycles. The number of aliphatic hydroxyl groups excluding tert-OH is 1. The number of nitrogens with one attached hydrogen (secondary N) is 2. The van der Waals surface area contributed by atoms with Crippen LogP contribution in [-0.2, 0) is 32.4 Å². The van der Waals surface area contributed by atoms with E-state index in [0.29, 0.717) is 17.9 Å². The number of rotatable bonds is 8. The minimum absolute atomic E-state index is 0.0120. The molecular weight excluding hydrogens is 538 g/mol. The molecule has 0 unspecified atom stereocenters. The van der Waals surface area contributed by atoms with Crippen molar-refractivity contribution in [3.63, 3.8) is 0 Å². The summed E-state index contributed by atoms with van der Waals surface area (Å²) in [5.41, 5.74) is 10.8. The smallest absolute Gasteiger partial charge is 0.274 e. The molecule has 0 saturated heterocycles. The van der Waals surface area contributed by atoms with E-state index in [0.717, 1.165) is 95.0 Å². The van der Waals surface area contributed by atoms with Gasteiger partial charge in [-0.1, -0.05) is 42.5 Å². The van der Waals surface area contributed by atoms with Gasteiger partial charge in [-0.3, -0.25) is 14.5 Å². The number of pyridine rings is 2. The first-order chi connectivity index (χ1) is 20.9. The number of β-amino-alcohol motifs (C(OH)–C–C–N with tert-alkyl or cyclic N) is 1. The Bertz CT molecular complexity index is 1700. The highest BCUT2D eigenvalue weighted by atomic mass is 16.3. The minimum Gasteiger partial charge on any atom is -0.395 e. The van der Waals surface area contributed by atoms with Crippen LogP contribution in [0.25, 0.3) is 11.1 Å². The Balaban J connectivity index is 1.20. The zero-order valence-electron chi connectivity index (χ0n) is 24.7. The van der Waals surface area contributed by atoms with Gasteiger partial charge < -0.3 is 15.7 Å². The van der Waals surface area contributed by atoms with Crippen LogP contribution in [0.15, 0.2) is 60.7 Å². The van der Waals surface area contributed by atoms with Gasteiger partial charge in [-0.25, -0.2) is 9.97 Å². The summed E-state index contributed by atoms with van der Waals surface area (Å²) in [6.07, 6.45) is 1.87. The fourth-order valence-corrected chi connectivity index (χ4v) is 6.11. The van der Waals surface area contributed by atoms with Crippen molar-refractivity contribution in [3.05, 3.63) is 111 Å². The van der Waals surface area contributed by atoms with E-state index in [2.05, 4.69) is 31.6 Å². The van der Waals surface area contributed by atoms with E-state index in [-0.39, 0.29) is 24.7 Å². The number of anilines is 1. The molecule has 0 spiro atoms. The van der Waals surface area contributed by atoms with Gasteiger partial charge >= 0.3 is 0 Å². The van der Waals surface area contributed by atoms with Crippen molar-refractivity contribution < 1.29 is 14.7 Å². The van der Waals surface area contributed by atoms with E-state index < -0.39 is 0 Å². The Kier molecular flexibility index (Phi) is 8.42. The van der Waals surface area contributed by atoms with E-state index in [1.165, 1.54) is 0 Å². The molecule has 4 heterocycles. The third kappa shape index (κ3) is 6.13. The normalized spacial score (nSPS) is 14.6. The molecule has 2 aliphatic rings. The minimum atomic E-state index is -0.245. The highest BCUT2D eigenvalue weighted by molar-refractivity contribution is 6.04. The summed E-state index contributed by atoms with van der Waals surface area (Å²) in [6, 6.07) is 19.5. The number of nitrogens with zero attached hydrogens (tertiary/aromatic N) is 3. The lowest BCUT2D eigenvalue weighted by Gasteiger charge is -2.27. The Morgan fingerprint density at radius 2 is 1.60 bits per heavy atom. The lowest BCUT2D eigenvalue weighted by atomic mass is 9.91. The van der Waals surface area contributed by atoms with Crippen LogP contribution >= 0.6 is 0 Å². The zero-order chi connectivity index (χ0) is 29.9. The number of fused-ring (bicyclic) bond motifs is 2. The lowest BCUT2D eigenvalue weighted by Crippen LogP contribution is -2.33. The molecule has 8 nitrogen and oxygen atoms in total. The maximum absolute atomic E-state index is 13.3. The van der Waals surface area contributed by atoms with Gasteiger partial charge in [0.05, 0.1) is 6.61 Å². The molecule has 4 aromatic rings. The number of hydrogen-bond donors (Lipinski definition) is 3. The van der Waals surface area contributed by atoms with Gasteiger partial charge in [-0.15, -0.1) is 0 Å². The van der Waals surface area contributed by atoms with Crippen molar-refractivity contribution in [2.75, 3.05) is 31.6 Å². The van der Waals surface area contributed by atoms with Crippen LogP contribution in [-0.4, -0.2) is 57.9 Å². The zero-order valence-corrected chi connectivity index (χ0v) is 24.7. The summed E-state index contributed by atoms with van der Waals surface area (Å²) < 4.78 is 0. The van der Waals surface area contributed by atoms with Crippen LogP contribution in [0.3, 0.4) is 0 Å². The molecule has 2 aliphatic heterocycles. The van der Waals surface area contributed by atoms with E-state index in [1.807, 2.05) is 62.4 Å². The fraction of sp³-hybridized carbons (Fsp3) is 0.314. The van der Waals surface area contributed by atoms with Gasteiger partial charge in [0.1, 0.15) is 11.4 Å². The second kappa shape index (κ2) is 12.6. The molecule has 0 radical (unpaired) electrons. The number of carbonyl (C=O) groups is 2. The van der Waals surface area contributed by atoms with Crippen molar-refractivity contribution in [2.24, 2.45) is 0 Å². The van der Waals surface area contributed by atoms with Crippen LogP contribution in [0.1, 0.15) is 60.2 Å². The van der Waals surface area contributed by atoms with Crippen LogP contribution < -0.4 is 10.6 Å². The van der Waals surface area contributed by atoms with Gasteiger partial charge in [-0.05, 0) is 71.0 Å². The average Bonchev–Trinajstić information content (AvgIpc) is 3.03. The summed E-state index contributed by atoms with van der Waals surface area (Å²) in [5.74, 6) is -0.233. The quantitative estimate of drug-likeness (QED) is 0.267. The number of hydrogen-bond acceptors (Lipinski definition) is 7. The van der Waals surface area contributed by atoms with Crippen LogP contribution in [0.4, 0.5) is 5.69 Å². The molecule has 43 heavy (non-hydrogen) atoms. The highest BCUT2D eigenvalue weighted by Gasteiger charge is 2.21. The Hall–Kier alpha value is -4.24. The molecule has 6 rings (SSSR count). The average molecular weight is 576 g/mol. The van der Waals surface area contributed by atoms with Gasteiger partial charge in [-0.2, -0.15) is 0 Å². The number of benzene rings is 2. The maximum atomic E-state index is 13.3. The summed E-state index contributed by atoms with van der Waals surface area (Å²) in [4.78, 5) is 38.1. The van der Waals surface area contributed by atoms with Crippen LogP contribution in [0.5, 0.6) is 0 Å². The molecule has 1 amide bonds. The molecule has 8 heteroatoms. The summed E-state index contributed by atoms with van der Waals surface area (Å²) in [5, 5.41) is 15.7. The number of ketones is 1. The van der Waals surface area contributed by atoms with Gasteiger partial charge in [0, 0.05) is 69.1 Å². The van der Waals surface area contributed by atoms with E-state index in [9.17, 15) is 14.7 Å². The molecule has 2 aromatic carbocycles. The second-order valence-electron chi connectivity index (χ2n) is 11.4. The fourth-order valence-electron chi connectivity index (χ4n) is 6.11. The molecule has 0 atom stereocenters. The monoisotopic (exact) mass is 575 g/mol. The Morgan fingerprint density at radius 1 is 0.884 bits per heavy atom. The highest BCUT2D eigenvalue weighted by Crippen LogP contribution is 2.33. The van der Waals surface area contributed by atoms with E-state index in [4.69, 9.17) is 0 Å². The third-order valence-corrected chi connectivity index (χ3v) is 8.65. The van der Waals surface area contributed by atoms with Gasteiger partial charge in [0.25, 0.3) is 5.91 Å². The van der Waals surface area contributed by atoms with Crippen molar-refractivity contribution in [2.45, 2.75) is 46.2 Å². The Morgan fingerprint density at radius 3 is 2.44 bits per heavy atom. The number of amides is 1. The molecule has 0 bridgehead atoms. The summed E-state index contributed by atoms with van der Waals surface area (Å²) >= 11 is 0. The standard InChI is InChI=1S/C35H37N5O3/c1-22-24(19-34(42)32-11-9-25-20-36-15-13-30(25)37-32)5-3-6-27(22)28-7-4-8-29(23(28)2)39-35(43)33-12-10-26-21-40(17-18-41)16-14-31(26)38-33/h3-12,36,41H,13-21H2,1-2H3,(H,39,43). The second-order valence-corrected chi connectivity index (χ2v) is 11.4. The number of aliphatic hydroxyl groups is 1.